The van der Waals surface area contributed by atoms with Gasteiger partial charge in [0.05, 0.1) is 15.1 Å². The van der Waals surface area contributed by atoms with Crippen molar-refractivity contribution in [3.05, 3.63) is 12.3 Å². The largest absolute Gasteiger partial charge is 0.304 e. The van der Waals surface area contributed by atoms with Crippen LogP contribution in [0.25, 0.3) is 0 Å². The molecule has 0 fully saturated rings. The van der Waals surface area contributed by atoms with E-state index in [9.17, 15) is 0 Å². The van der Waals surface area contributed by atoms with Gasteiger partial charge in [-0.25, -0.2) is 18.7 Å². The van der Waals surface area contributed by atoms with Crippen molar-refractivity contribution in [2.75, 3.05) is 26.7 Å². The van der Waals surface area contributed by atoms with Gasteiger partial charge in [0.25, 0.3) is 0 Å². The van der Waals surface area contributed by atoms with E-state index in [4.69, 9.17) is 0 Å². The number of rotatable bonds is 4. The molecule has 2 radical (unpaired) electrons. The van der Waals surface area contributed by atoms with Crippen LogP contribution in [-0.4, -0.2) is 41.8 Å². The van der Waals surface area contributed by atoms with Gasteiger partial charge in [-0.3, -0.25) is 0 Å². The molecule has 74 valence electrons. The first-order valence-electron chi connectivity index (χ1n) is 3.12. The van der Waals surface area contributed by atoms with Crippen LogP contribution in [0.5, 0.6) is 0 Å². The van der Waals surface area contributed by atoms with Gasteiger partial charge < -0.3 is 14.3 Å². The Hall–Kier alpha value is 3.20. The molecule has 0 N–H and O–H groups in total. The van der Waals surface area contributed by atoms with Crippen LogP contribution < -0.4 is 0 Å². The maximum absolute atomic E-state index is 2.65. The summed E-state index contributed by atoms with van der Waals surface area (Å²) in [5, 5.41) is 0. The zero-order valence-corrected chi connectivity index (χ0v) is 15.4. The Morgan fingerprint density at radius 1 is 0.846 bits per heavy atom. The normalized spacial score (nSPS) is 11.5. The van der Waals surface area contributed by atoms with E-state index < -0.39 is 0 Å². The molecule has 0 spiro atoms. The molecule has 0 saturated carbocycles. The van der Waals surface area contributed by atoms with Crippen LogP contribution in [0.15, 0.2) is 0 Å². The van der Waals surface area contributed by atoms with E-state index in [1.807, 2.05) is 0 Å². The molecule has 0 unspecified atom stereocenters. The van der Waals surface area contributed by atoms with Crippen LogP contribution in [0.2, 0.25) is 0 Å². The van der Waals surface area contributed by atoms with Crippen molar-refractivity contribution in [3.8, 4) is 0 Å². The molecule has 0 aromatic carbocycles. The van der Waals surface area contributed by atoms with Crippen molar-refractivity contribution in [2.45, 2.75) is 6.42 Å². The predicted molar refractivity (Wildman–Crippen MR) is 70.6 cm³/mol. The molecule has 0 rings (SSSR count). The summed E-state index contributed by atoms with van der Waals surface area (Å²) in [7, 11) is 0.492. The Labute approximate surface area is 138 Å². The van der Waals surface area contributed by atoms with Crippen LogP contribution >= 0.6 is 14.3 Å². The van der Waals surface area contributed by atoms with Crippen molar-refractivity contribution >= 4 is 29.4 Å². The summed E-state index contributed by atoms with van der Waals surface area (Å²) in [4.78, 5) is 0. The molecule has 0 amide bonds. The number of hydrogen-bond donors (Lipinski definition) is 0. The molecule has 0 nitrogen and oxygen atoms in total. The van der Waals surface area contributed by atoms with Gasteiger partial charge >= 0.3 is 0 Å². The Kier molecular flexibility index (Phi) is 15.3. The van der Waals surface area contributed by atoms with Gasteiger partial charge in [-0.05, 0) is 26.7 Å². The molecule has 0 aliphatic rings. The Morgan fingerprint density at radius 3 is 1.23 bits per heavy atom. The summed E-state index contributed by atoms with van der Waals surface area (Å²) in [6.45, 7) is 9.98. The molecule has 13 heavy (non-hydrogen) atoms. The minimum atomic E-state index is -0.362. The fourth-order valence-electron chi connectivity index (χ4n) is 0.469. The zero-order valence-electron chi connectivity index (χ0n) is 7.91. The van der Waals surface area contributed by atoms with Gasteiger partial charge in [-0.2, -0.15) is 0 Å². The summed E-state index contributed by atoms with van der Waals surface area (Å²) < 4.78 is 0. The van der Waals surface area contributed by atoms with Gasteiger partial charge in [0, 0.05) is 65.4 Å². The fraction of sp³-hybridized carbons (Fsp3) is 0.714. The third kappa shape index (κ3) is 21.1. The van der Waals surface area contributed by atoms with Crippen LogP contribution in [0.4, 0.5) is 0 Å². The van der Waals surface area contributed by atoms with Gasteiger partial charge in [-0.1, -0.05) is 0 Å². The average Bonchev–Trinajstić information content (AvgIpc) is 1.55. The van der Waals surface area contributed by atoms with Crippen molar-refractivity contribution in [1.82, 2.24) is 0 Å². The van der Waals surface area contributed by atoms with Crippen molar-refractivity contribution in [1.29, 1.82) is 0 Å². The molecule has 0 saturated heterocycles. The minimum absolute atomic E-state index is 0. The predicted octanol–water partition coefficient (Wildman–Crippen LogP) is 0.810. The maximum atomic E-state index is 2.65. The second-order valence-electron chi connectivity index (χ2n) is 2.53. The topological polar surface area (TPSA) is 0 Å². The fourth-order valence-corrected chi connectivity index (χ4v) is 1.69. The van der Waals surface area contributed by atoms with E-state index in [0.29, 0.717) is 15.1 Å². The van der Waals surface area contributed by atoms with Crippen LogP contribution in [0, 0.1) is 12.3 Å². The molecule has 0 atom stereocenters. The van der Waals surface area contributed by atoms with E-state index in [0.717, 1.165) is 0 Å². The van der Waals surface area contributed by atoms with E-state index in [2.05, 4.69) is 39.0 Å². The smallest absolute Gasteiger partial charge is 0.0965 e. The molecule has 0 aromatic heterocycles. The molecule has 0 aliphatic heterocycles. The molecular weight excluding hydrogens is 345 g/mol. The van der Waals surface area contributed by atoms with Gasteiger partial charge in [0.15, 0.2) is 0 Å². The minimum Gasteiger partial charge on any atom is -0.304 e. The van der Waals surface area contributed by atoms with Crippen LogP contribution in [0.1, 0.15) is 6.42 Å². The van der Waals surface area contributed by atoms with E-state index in [-0.39, 0.29) is 79.7 Å². The van der Waals surface area contributed by atoms with Crippen molar-refractivity contribution in [2.24, 2.45) is 0 Å². The quantitative estimate of drug-likeness (QED) is 0.392. The third-order valence-corrected chi connectivity index (χ3v) is 2.82. The molecule has 0 aromatic rings. The molecule has 6 heteroatoms. The van der Waals surface area contributed by atoms with Gasteiger partial charge in [-0.15, -0.1) is 0 Å². The summed E-state index contributed by atoms with van der Waals surface area (Å²) in [5.74, 6) is 0. The first-order valence-corrected chi connectivity index (χ1v) is 7.73. The average molecular weight is 368 g/mol. The van der Waals surface area contributed by atoms with E-state index in [1.165, 1.54) is 6.42 Å². The zero-order chi connectivity index (χ0) is 9.12. The Morgan fingerprint density at radius 2 is 1.08 bits per heavy atom. The number of hydrogen-bond acceptors (Lipinski definition) is 0. The first-order chi connectivity index (χ1) is 4.71. The molecule has 0 bridgehead atoms. The summed E-state index contributed by atoms with van der Waals surface area (Å²) in [6.07, 6.45) is 6.64. The van der Waals surface area contributed by atoms with E-state index >= 15 is 0 Å². The molecule has 0 heterocycles. The SMILES string of the molecule is [BH3-][P+](C)(C)[CH-]C[CH-][P+]([BH3-])(C)C.[Y].[Y]. The first kappa shape index (κ1) is 21.5. The standard InChI is InChI=1S/C7H22B2P2.2Y/c1-10(2,8)6-5-7-11(3,4)9;;/h6-7H,5H2,1-4,8-9H3;;/q-2;;. The molecule has 0 aliphatic carbocycles. The van der Waals surface area contributed by atoms with Crippen LogP contribution in [-0.2, 0) is 65.4 Å². The van der Waals surface area contributed by atoms with Crippen LogP contribution in [0.3, 0.4) is 0 Å². The summed E-state index contributed by atoms with van der Waals surface area (Å²) in [6, 6.07) is 0. The van der Waals surface area contributed by atoms with E-state index in [1.54, 1.807) is 0 Å². The maximum Gasteiger partial charge on any atom is 0.0965 e. The monoisotopic (exact) mass is 368 g/mol. The van der Waals surface area contributed by atoms with Gasteiger partial charge in [0.1, 0.15) is 0 Å². The van der Waals surface area contributed by atoms with Crippen molar-refractivity contribution in [3.63, 3.8) is 0 Å². The van der Waals surface area contributed by atoms with Gasteiger partial charge in [0.2, 0.25) is 0 Å². The van der Waals surface area contributed by atoms with Crippen molar-refractivity contribution < 1.29 is 65.4 Å². The summed E-state index contributed by atoms with van der Waals surface area (Å²) >= 11 is 0. The second-order valence-corrected chi connectivity index (χ2v) is 7.11. The Bertz CT molecular complexity index is 107. The Balaban J connectivity index is -0.000000500. The second kappa shape index (κ2) is 9.25. The molecular formula is C7H22B2P2Y2-2. The third-order valence-electron chi connectivity index (χ3n) is 0.941. The summed E-state index contributed by atoms with van der Waals surface area (Å²) in [5.41, 5.74) is 0.